The molecule has 0 aromatic carbocycles. The van der Waals surface area contributed by atoms with Crippen molar-refractivity contribution in [1.29, 1.82) is 0 Å². The zero-order valence-corrected chi connectivity index (χ0v) is 7.89. The van der Waals surface area contributed by atoms with Crippen LogP contribution in [0.1, 0.15) is 0 Å². The first-order chi connectivity index (χ1) is 7.50. The second-order valence-electron chi connectivity index (χ2n) is 2.17. The molecule has 15 heavy (non-hydrogen) atoms. The molecule has 0 bridgehead atoms. The van der Waals surface area contributed by atoms with Crippen LogP contribution in [0, 0.1) is 29.8 Å². The Morgan fingerprint density at radius 3 is 1.80 bits per heavy atom. The summed E-state index contributed by atoms with van der Waals surface area (Å²) in [6.45, 7) is 0. The normalized spacial score (nSPS) is 10.7. The van der Waals surface area contributed by atoms with Gasteiger partial charge in [0.05, 0.1) is 17.5 Å². The Morgan fingerprint density at radius 1 is 0.600 bits per heavy atom. The van der Waals surface area contributed by atoms with E-state index in [0.29, 0.717) is 0 Å². The highest BCUT2D eigenvalue weighted by Crippen LogP contribution is 1.71. The lowest BCUT2D eigenvalue weighted by Crippen LogP contribution is -1.46. The fourth-order valence-corrected chi connectivity index (χ4v) is 0.597. The van der Waals surface area contributed by atoms with Crippen molar-refractivity contribution in [3.8, 4) is 23.7 Å². The third-order valence-electron chi connectivity index (χ3n) is 1.14. The summed E-state index contributed by atoms with van der Waals surface area (Å²) in [5.41, 5.74) is 13.6. The van der Waals surface area contributed by atoms with E-state index in [1.165, 1.54) is 0 Å². The van der Waals surface area contributed by atoms with E-state index in [0.717, 1.165) is 0 Å². The van der Waals surface area contributed by atoms with Gasteiger partial charge in [-0.1, -0.05) is 23.3 Å². The predicted molar refractivity (Wildman–Crippen MR) is 59.2 cm³/mol. The lowest BCUT2D eigenvalue weighted by Gasteiger charge is -1.55. The maximum atomic E-state index is 2.72. The van der Waals surface area contributed by atoms with E-state index in [-0.39, 0.29) is 0 Å². The van der Waals surface area contributed by atoms with Gasteiger partial charge in [0.1, 0.15) is 12.2 Å². The van der Waals surface area contributed by atoms with Crippen molar-refractivity contribution in [2.45, 2.75) is 0 Å². The molecule has 0 atom stereocenters. The smallest absolute Gasteiger partial charge is 0.0604 e. The minimum atomic E-state index is 1.56. The molecule has 1 rings (SSSR count). The highest BCUT2D eigenvalue weighted by Gasteiger charge is 1.66. The predicted octanol–water partition coefficient (Wildman–Crippen LogP) is 2.25. The van der Waals surface area contributed by atoms with Gasteiger partial charge in [-0.05, 0) is 5.92 Å². The molecule has 1 aliphatic carbocycles. The Hall–Kier alpha value is -2.85. The standard InChI is InChI=1S/C15H5/c1-2-4-6-8-10-12-14-15-13-11-9-7-5-3-1/h1,6-7,12-13H/q+1. The van der Waals surface area contributed by atoms with E-state index >= 15 is 0 Å². The number of allylic oxidation sites excluding steroid dienone is 5. The molecule has 0 amide bonds. The van der Waals surface area contributed by atoms with Gasteiger partial charge in [0, 0.05) is 23.8 Å². The summed E-state index contributed by atoms with van der Waals surface area (Å²) in [6, 6.07) is 0. The maximum Gasteiger partial charge on any atom is 0.174 e. The molecular formula is C15H5+. The summed E-state index contributed by atoms with van der Waals surface area (Å²) in [4.78, 5) is 0. The van der Waals surface area contributed by atoms with Gasteiger partial charge in [-0.3, -0.25) is 0 Å². The van der Waals surface area contributed by atoms with Crippen molar-refractivity contribution in [2.75, 3.05) is 0 Å². The van der Waals surface area contributed by atoms with Crippen LogP contribution in [0.4, 0.5) is 0 Å². The van der Waals surface area contributed by atoms with Gasteiger partial charge in [0.15, 0.2) is 6.08 Å². The van der Waals surface area contributed by atoms with Crippen molar-refractivity contribution in [1.82, 2.24) is 0 Å². The van der Waals surface area contributed by atoms with Crippen LogP contribution >= 0.6 is 0 Å². The minimum absolute atomic E-state index is 1.56. The summed E-state index contributed by atoms with van der Waals surface area (Å²) in [5.74, 6) is 10.9. The summed E-state index contributed by atoms with van der Waals surface area (Å²) >= 11 is 0. The van der Waals surface area contributed by atoms with Crippen LogP contribution in [0.5, 0.6) is 0 Å². The van der Waals surface area contributed by atoms with Gasteiger partial charge in [-0.25, -0.2) is 0 Å². The second-order valence-corrected chi connectivity index (χ2v) is 2.17. The highest BCUT2D eigenvalue weighted by molar-refractivity contribution is 5.25. The van der Waals surface area contributed by atoms with E-state index in [4.69, 9.17) is 0 Å². The Morgan fingerprint density at radius 2 is 1.13 bits per heavy atom. The van der Waals surface area contributed by atoms with Crippen molar-refractivity contribution >= 4 is 0 Å². The molecule has 1 aliphatic rings. The van der Waals surface area contributed by atoms with Crippen molar-refractivity contribution in [2.24, 2.45) is 0 Å². The lowest BCUT2D eigenvalue weighted by atomic mass is 10.4. The summed E-state index contributed by atoms with van der Waals surface area (Å²) in [7, 11) is 0. The molecule has 0 saturated heterocycles. The first-order valence-corrected chi connectivity index (χ1v) is 4.14. The summed E-state index contributed by atoms with van der Waals surface area (Å²) in [5, 5.41) is 0. The van der Waals surface area contributed by atoms with Crippen molar-refractivity contribution in [3.63, 3.8) is 0 Å². The molecule has 0 nitrogen and oxygen atoms in total. The van der Waals surface area contributed by atoms with Gasteiger partial charge < -0.3 is 0 Å². The zero-order chi connectivity index (χ0) is 10.6. The SMILES string of the molecule is C1=C=CC#CC=C=[C+]C=C=C=CC#CC=1. The number of hydrogen-bond donors (Lipinski definition) is 0. The topological polar surface area (TPSA) is 0 Å². The number of rotatable bonds is 0. The largest absolute Gasteiger partial charge is 0.174 e. The highest BCUT2D eigenvalue weighted by atomic mass is 13.6. The quantitative estimate of drug-likeness (QED) is 0.308. The molecule has 0 heteroatoms. The van der Waals surface area contributed by atoms with Crippen molar-refractivity contribution in [3.05, 3.63) is 65.1 Å². The molecule has 0 aromatic heterocycles. The summed E-state index contributed by atoms with van der Waals surface area (Å²) < 4.78 is 0. The first-order valence-electron chi connectivity index (χ1n) is 4.14. The van der Waals surface area contributed by atoms with Gasteiger partial charge in [0.25, 0.3) is 0 Å². The summed E-state index contributed by atoms with van der Waals surface area (Å²) in [6.07, 6.45) is 10.5. The molecule has 64 valence electrons. The van der Waals surface area contributed by atoms with Crippen LogP contribution in [-0.4, -0.2) is 0 Å². The van der Waals surface area contributed by atoms with E-state index in [2.05, 4.69) is 58.4 Å². The van der Waals surface area contributed by atoms with Gasteiger partial charge in [0.2, 0.25) is 0 Å². The Kier molecular flexibility index (Phi) is 5.31. The second kappa shape index (κ2) is 7.78. The molecule has 0 aromatic rings. The molecule has 0 N–H and O–H groups in total. The fourth-order valence-electron chi connectivity index (χ4n) is 0.597. The molecule has 0 fully saturated rings. The third-order valence-corrected chi connectivity index (χ3v) is 1.14. The average molecular weight is 185 g/mol. The molecular weight excluding hydrogens is 180 g/mol. The van der Waals surface area contributed by atoms with E-state index in [1.807, 2.05) is 0 Å². The Balaban J connectivity index is 3.12. The zero-order valence-electron chi connectivity index (χ0n) is 7.89. The van der Waals surface area contributed by atoms with Crippen LogP contribution in [0.15, 0.2) is 59.0 Å². The molecule has 0 saturated carbocycles. The van der Waals surface area contributed by atoms with Crippen molar-refractivity contribution < 1.29 is 0 Å². The lowest BCUT2D eigenvalue weighted by molar-refractivity contribution is 1.92. The molecule has 0 spiro atoms. The van der Waals surface area contributed by atoms with E-state index in [1.54, 1.807) is 30.4 Å². The fraction of sp³-hybridized carbons (Fsp3) is 0. The maximum absolute atomic E-state index is 2.72. The van der Waals surface area contributed by atoms with Crippen LogP contribution in [0.25, 0.3) is 0 Å². The van der Waals surface area contributed by atoms with E-state index in [9.17, 15) is 0 Å². The van der Waals surface area contributed by atoms with Crippen LogP contribution in [0.2, 0.25) is 0 Å². The van der Waals surface area contributed by atoms with Crippen LogP contribution < -0.4 is 0 Å². The first kappa shape index (κ1) is 10.2. The van der Waals surface area contributed by atoms with Crippen LogP contribution in [-0.2, 0) is 0 Å². The molecule has 0 radical (unpaired) electrons. The van der Waals surface area contributed by atoms with Gasteiger partial charge in [-0.2, -0.15) is 0 Å². The monoisotopic (exact) mass is 185 g/mol. The molecule has 0 heterocycles. The van der Waals surface area contributed by atoms with Gasteiger partial charge >= 0.3 is 0 Å². The molecule has 0 aliphatic heterocycles. The molecule has 0 unspecified atom stereocenters. The minimum Gasteiger partial charge on any atom is -0.0604 e. The Labute approximate surface area is 89.3 Å². The third kappa shape index (κ3) is 6.32. The van der Waals surface area contributed by atoms with Crippen LogP contribution in [0.3, 0.4) is 0 Å². The Bertz CT molecular complexity index is 599. The van der Waals surface area contributed by atoms with Gasteiger partial charge in [-0.15, -0.1) is 0 Å². The number of hydrogen-bond acceptors (Lipinski definition) is 0. The average Bonchev–Trinajstić information content (AvgIpc) is 2.27. The van der Waals surface area contributed by atoms with E-state index < -0.39 is 0 Å².